The van der Waals surface area contributed by atoms with Gasteiger partial charge in [0.2, 0.25) is 5.91 Å². The summed E-state index contributed by atoms with van der Waals surface area (Å²) in [4.78, 5) is 11.3. The highest BCUT2D eigenvalue weighted by molar-refractivity contribution is 5.91. The molecule has 0 aliphatic carbocycles. The number of alkyl halides is 3. The van der Waals surface area contributed by atoms with Gasteiger partial charge >= 0.3 is 6.18 Å². The van der Waals surface area contributed by atoms with Gasteiger partial charge in [-0.1, -0.05) is 0 Å². The Morgan fingerprint density at radius 1 is 1.32 bits per heavy atom. The molecule has 4 nitrogen and oxygen atoms in total. The summed E-state index contributed by atoms with van der Waals surface area (Å²) in [5, 5.41) is 2.30. The van der Waals surface area contributed by atoms with Gasteiger partial charge in [0.1, 0.15) is 12.4 Å². The van der Waals surface area contributed by atoms with E-state index in [0.717, 1.165) is 12.1 Å². The molecule has 0 heterocycles. The average molecular weight is 280 g/mol. The van der Waals surface area contributed by atoms with E-state index in [1.807, 2.05) is 0 Å². The first kappa shape index (κ1) is 15.2. The molecule has 0 saturated heterocycles. The highest BCUT2D eigenvalue weighted by atomic mass is 19.4. The minimum absolute atomic E-state index is 0.128. The number of rotatable bonds is 5. The Balaban J connectivity index is 2.35. The molecule has 0 aliphatic heterocycles. The standard InChI is InChI=1S/C11H12F4N2O2/c12-7-3-8(16)5-9(4-7)17-10(18)1-2-19-6-11(13,14)15/h3-5H,1-2,6,16H2,(H,17,18). The molecule has 1 rings (SSSR count). The molecule has 106 valence electrons. The van der Waals surface area contributed by atoms with Crippen LogP contribution in [0.5, 0.6) is 0 Å². The fourth-order valence-electron chi connectivity index (χ4n) is 1.26. The molecule has 3 N–H and O–H groups in total. The van der Waals surface area contributed by atoms with E-state index >= 15 is 0 Å². The molecule has 0 bridgehead atoms. The summed E-state index contributed by atoms with van der Waals surface area (Å²) in [5.74, 6) is -1.21. The van der Waals surface area contributed by atoms with E-state index in [1.165, 1.54) is 6.07 Å². The molecule has 8 heteroatoms. The van der Waals surface area contributed by atoms with Gasteiger partial charge in [0.05, 0.1) is 13.0 Å². The molecule has 19 heavy (non-hydrogen) atoms. The maximum atomic E-state index is 12.9. The van der Waals surface area contributed by atoms with Gasteiger partial charge in [0, 0.05) is 11.4 Å². The van der Waals surface area contributed by atoms with E-state index in [4.69, 9.17) is 5.73 Å². The normalized spacial score (nSPS) is 11.4. The van der Waals surface area contributed by atoms with Crippen molar-refractivity contribution in [1.29, 1.82) is 0 Å². The van der Waals surface area contributed by atoms with Crippen molar-refractivity contribution in [2.45, 2.75) is 12.6 Å². The minimum atomic E-state index is -4.42. The van der Waals surface area contributed by atoms with Crippen molar-refractivity contribution in [2.75, 3.05) is 24.3 Å². The molecule has 0 unspecified atom stereocenters. The predicted octanol–water partition coefficient (Wildman–Crippen LogP) is 2.32. The number of nitrogens with one attached hydrogen (secondary N) is 1. The van der Waals surface area contributed by atoms with Crippen LogP contribution in [-0.4, -0.2) is 25.3 Å². The fraction of sp³-hybridized carbons (Fsp3) is 0.364. The Morgan fingerprint density at radius 3 is 2.58 bits per heavy atom. The molecule has 1 aromatic carbocycles. The number of anilines is 2. The third-order valence-corrected chi connectivity index (χ3v) is 1.94. The molecule has 1 amide bonds. The third kappa shape index (κ3) is 6.61. The van der Waals surface area contributed by atoms with Crippen LogP contribution in [0.4, 0.5) is 28.9 Å². The van der Waals surface area contributed by atoms with Gasteiger partial charge in [-0.3, -0.25) is 4.79 Å². The maximum Gasteiger partial charge on any atom is 0.411 e. The van der Waals surface area contributed by atoms with E-state index in [9.17, 15) is 22.4 Å². The smallest absolute Gasteiger partial charge is 0.399 e. The van der Waals surface area contributed by atoms with Crippen LogP contribution < -0.4 is 11.1 Å². The lowest BCUT2D eigenvalue weighted by Crippen LogP contribution is -2.20. The van der Waals surface area contributed by atoms with E-state index in [-0.39, 0.29) is 24.4 Å². The zero-order chi connectivity index (χ0) is 14.5. The van der Waals surface area contributed by atoms with Gasteiger partial charge in [-0.25, -0.2) is 4.39 Å². The summed E-state index contributed by atoms with van der Waals surface area (Å²) in [6.45, 7) is -1.79. The zero-order valence-electron chi connectivity index (χ0n) is 9.76. The average Bonchev–Trinajstić information content (AvgIpc) is 2.21. The predicted molar refractivity (Wildman–Crippen MR) is 60.9 cm³/mol. The minimum Gasteiger partial charge on any atom is -0.399 e. The van der Waals surface area contributed by atoms with Gasteiger partial charge in [0.15, 0.2) is 0 Å². The van der Waals surface area contributed by atoms with Crippen LogP contribution in [0, 0.1) is 5.82 Å². The number of ether oxygens (including phenoxy) is 1. The molecule has 0 saturated carbocycles. The Bertz CT molecular complexity index is 429. The number of nitrogen functional groups attached to an aromatic ring is 1. The SMILES string of the molecule is Nc1cc(F)cc(NC(=O)CCOCC(F)(F)F)c1. The van der Waals surface area contributed by atoms with Crippen molar-refractivity contribution in [3.05, 3.63) is 24.0 Å². The highest BCUT2D eigenvalue weighted by Gasteiger charge is 2.27. The monoisotopic (exact) mass is 280 g/mol. The van der Waals surface area contributed by atoms with Gasteiger partial charge in [-0.05, 0) is 18.2 Å². The van der Waals surface area contributed by atoms with Crippen molar-refractivity contribution in [3.63, 3.8) is 0 Å². The number of hydrogen-bond donors (Lipinski definition) is 2. The molecular weight excluding hydrogens is 268 g/mol. The van der Waals surface area contributed by atoms with Crippen LogP contribution in [0.1, 0.15) is 6.42 Å². The van der Waals surface area contributed by atoms with Crippen LogP contribution in [-0.2, 0) is 9.53 Å². The first-order valence-electron chi connectivity index (χ1n) is 5.27. The number of halogens is 4. The van der Waals surface area contributed by atoms with Gasteiger partial charge in [-0.15, -0.1) is 0 Å². The number of carbonyl (C=O) groups is 1. The molecule has 0 aliphatic rings. The summed E-state index contributed by atoms with van der Waals surface area (Å²) in [5.41, 5.74) is 5.63. The number of carbonyl (C=O) groups excluding carboxylic acids is 1. The van der Waals surface area contributed by atoms with Gasteiger partial charge in [0.25, 0.3) is 0 Å². The van der Waals surface area contributed by atoms with E-state index in [0.29, 0.717) is 0 Å². The number of nitrogens with two attached hydrogens (primary N) is 1. The Kier molecular flexibility index (Phi) is 5.11. The van der Waals surface area contributed by atoms with Crippen LogP contribution in [0.3, 0.4) is 0 Å². The molecule has 0 atom stereocenters. The maximum absolute atomic E-state index is 12.9. The topological polar surface area (TPSA) is 64.3 Å². The fourth-order valence-corrected chi connectivity index (χ4v) is 1.26. The van der Waals surface area contributed by atoms with E-state index in [2.05, 4.69) is 10.1 Å². The van der Waals surface area contributed by atoms with Crippen LogP contribution in [0.15, 0.2) is 18.2 Å². The molecule has 0 fully saturated rings. The van der Waals surface area contributed by atoms with Crippen molar-refractivity contribution in [2.24, 2.45) is 0 Å². The Morgan fingerprint density at radius 2 is 2.00 bits per heavy atom. The second kappa shape index (κ2) is 6.37. The van der Waals surface area contributed by atoms with Crippen molar-refractivity contribution >= 4 is 17.3 Å². The van der Waals surface area contributed by atoms with Crippen molar-refractivity contribution < 1.29 is 27.1 Å². The van der Waals surface area contributed by atoms with Gasteiger partial charge in [-0.2, -0.15) is 13.2 Å². The van der Waals surface area contributed by atoms with E-state index in [1.54, 1.807) is 0 Å². The number of hydrogen-bond acceptors (Lipinski definition) is 3. The second-order valence-corrected chi connectivity index (χ2v) is 3.74. The zero-order valence-corrected chi connectivity index (χ0v) is 9.76. The molecule has 0 aromatic heterocycles. The van der Waals surface area contributed by atoms with Crippen molar-refractivity contribution in [1.82, 2.24) is 0 Å². The number of benzene rings is 1. The second-order valence-electron chi connectivity index (χ2n) is 3.74. The number of amides is 1. The summed E-state index contributed by atoms with van der Waals surface area (Å²) in [6, 6.07) is 3.45. The Hall–Kier alpha value is -1.83. The highest BCUT2D eigenvalue weighted by Crippen LogP contribution is 2.16. The lowest BCUT2D eigenvalue weighted by Gasteiger charge is -2.08. The molecule has 0 radical (unpaired) electrons. The van der Waals surface area contributed by atoms with Gasteiger partial charge < -0.3 is 15.8 Å². The molecular formula is C11H12F4N2O2. The summed E-state index contributed by atoms with van der Waals surface area (Å²) in [7, 11) is 0. The molecule has 1 aromatic rings. The van der Waals surface area contributed by atoms with Crippen LogP contribution >= 0.6 is 0 Å². The van der Waals surface area contributed by atoms with E-state index < -0.39 is 24.5 Å². The summed E-state index contributed by atoms with van der Waals surface area (Å²) < 4.78 is 52.4. The molecule has 0 spiro atoms. The summed E-state index contributed by atoms with van der Waals surface area (Å²) in [6.07, 6.45) is -4.69. The first-order chi connectivity index (χ1) is 8.76. The van der Waals surface area contributed by atoms with Crippen LogP contribution in [0.25, 0.3) is 0 Å². The lowest BCUT2D eigenvalue weighted by atomic mass is 10.2. The first-order valence-corrected chi connectivity index (χ1v) is 5.27. The quantitative estimate of drug-likeness (QED) is 0.494. The lowest BCUT2D eigenvalue weighted by molar-refractivity contribution is -0.174. The largest absolute Gasteiger partial charge is 0.411 e. The summed E-state index contributed by atoms with van der Waals surface area (Å²) >= 11 is 0. The Labute approximate surface area is 106 Å². The van der Waals surface area contributed by atoms with Crippen LogP contribution in [0.2, 0.25) is 0 Å². The third-order valence-electron chi connectivity index (χ3n) is 1.94. The van der Waals surface area contributed by atoms with Crippen molar-refractivity contribution in [3.8, 4) is 0 Å².